The van der Waals surface area contributed by atoms with E-state index in [9.17, 15) is 16.8 Å². The molecular weight excluding hydrogens is 396 g/mol. The minimum atomic E-state index is -3.62. The summed E-state index contributed by atoms with van der Waals surface area (Å²) in [6.07, 6.45) is 8.93. The van der Waals surface area contributed by atoms with Crippen molar-refractivity contribution >= 4 is 20.0 Å². The summed E-state index contributed by atoms with van der Waals surface area (Å²) in [6, 6.07) is 5.84. The van der Waals surface area contributed by atoms with Gasteiger partial charge in [-0.2, -0.15) is 8.61 Å². The molecule has 0 bridgehead atoms. The second kappa shape index (κ2) is 9.24. The van der Waals surface area contributed by atoms with Gasteiger partial charge in [0.05, 0.1) is 9.79 Å². The first-order valence-corrected chi connectivity index (χ1v) is 13.4. The van der Waals surface area contributed by atoms with Gasteiger partial charge in [-0.15, -0.1) is 0 Å². The predicted molar refractivity (Wildman–Crippen MR) is 110 cm³/mol. The van der Waals surface area contributed by atoms with Crippen LogP contribution in [0.25, 0.3) is 0 Å². The standard InChI is InChI=1S/C20H32N2O4S2/c1-2-22(18-10-6-5-7-11-18)28(25,26)20-14-12-19(13-15-20)27(23,24)21-16-8-3-4-9-17-21/h12-15,18H,2-11,16-17H2,1H3. The number of sulfonamides is 2. The minimum absolute atomic E-state index is 0.0456. The van der Waals surface area contributed by atoms with Crippen LogP contribution in [0.2, 0.25) is 0 Å². The molecule has 0 unspecified atom stereocenters. The summed E-state index contributed by atoms with van der Waals surface area (Å²) >= 11 is 0. The van der Waals surface area contributed by atoms with Crippen LogP contribution < -0.4 is 0 Å². The van der Waals surface area contributed by atoms with Crippen molar-refractivity contribution in [3.8, 4) is 0 Å². The molecule has 158 valence electrons. The van der Waals surface area contributed by atoms with Crippen LogP contribution in [0.3, 0.4) is 0 Å². The lowest BCUT2D eigenvalue weighted by molar-refractivity contribution is 0.261. The van der Waals surface area contributed by atoms with Crippen LogP contribution >= 0.6 is 0 Å². The van der Waals surface area contributed by atoms with Crippen LogP contribution in [-0.2, 0) is 20.0 Å². The highest BCUT2D eigenvalue weighted by molar-refractivity contribution is 7.89. The Hall–Kier alpha value is -0.960. The van der Waals surface area contributed by atoms with Gasteiger partial charge in [0, 0.05) is 25.7 Å². The third kappa shape index (κ3) is 4.61. The van der Waals surface area contributed by atoms with E-state index in [-0.39, 0.29) is 15.8 Å². The Morgan fingerprint density at radius 2 is 1.32 bits per heavy atom. The van der Waals surface area contributed by atoms with Gasteiger partial charge >= 0.3 is 0 Å². The summed E-state index contributed by atoms with van der Waals surface area (Å²) in [6.45, 7) is 3.37. The van der Waals surface area contributed by atoms with Gasteiger partial charge in [-0.05, 0) is 49.9 Å². The molecular formula is C20H32N2O4S2. The van der Waals surface area contributed by atoms with Gasteiger partial charge in [0.15, 0.2) is 0 Å². The summed E-state index contributed by atoms with van der Waals surface area (Å²) in [5.74, 6) is 0. The quantitative estimate of drug-likeness (QED) is 0.694. The zero-order chi connectivity index (χ0) is 20.2. The first-order valence-electron chi connectivity index (χ1n) is 10.5. The van der Waals surface area contributed by atoms with Crippen LogP contribution in [-0.4, -0.2) is 51.1 Å². The highest BCUT2D eigenvalue weighted by atomic mass is 32.2. The summed E-state index contributed by atoms with van der Waals surface area (Å²) in [7, 11) is -7.19. The van der Waals surface area contributed by atoms with Gasteiger partial charge in [0.1, 0.15) is 0 Å². The lowest BCUT2D eigenvalue weighted by atomic mass is 9.95. The minimum Gasteiger partial charge on any atom is -0.207 e. The summed E-state index contributed by atoms with van der Waals surface area (Å²) in [5.41, 5.74) is 0. The van der Waals surface area contributed by atoms with Crippen molar-refractivity contribution in [1.29, 1.82) is 0 Å². The molecule has 0 amide bonds. The molecule has 0 N–H and O–H groups in total. The normalized spacial score (nSPS) is 20.9. The van der Waals surface area contributed by atoms with Gasteiger partial charge in [-0.3, -0.25) is 0 Å². The van der Waals surface area contributed by atoms with E-state index in [1.807, 2.05) is 6.92 Å². The zero-order valence-electron chi connectivity index (χ0n) is 16.7. The second-order valence-corrected chi connectivity index (χ2v) is 11.6. The molecule has 2 aliphatic rings. The highest BCUT2D eigenvalue weighted by Crippen LogP contribution is 2.28. The molecule has 1 aliphatic carbocycles. The smallest absolute Gasteiger partial charge is 0.207 e. The molecule has 3 rings (SSSR count). The van der Waals surface area contributed by atoms with Crippen molar-refractivity contribution in [3.63, 3.8) is 0 Å². The second-order valence-electron chi connectivity index (χ2n) is 7.79. The van der Waals surface area contributed by atoms with Crippen molar-refractivity contribution in [1.82, 2.24) is 8.61 Å². The van der Waals surface area contributed by atoms with Crippen LogP contribution in [0.4, 0.5) is 0 Å². The fourth-order valence-electron chi connectivity index (χ4n) is 4.34. The Kier molecular flexibility index (Phi) is 7.17. The van der Waals surface area contributed by atoms with E-state index in [0.29, 0.717) is 19.6 Å². The predicted octanol–water partition coefficient (Wildman–Crippen LogP) is 3.59. The Labute approximate surface area is 170 Å². The van der Waals surface area contributed by atoms with Crippen LogP contribution in [0, 0.1) is 0 Å². The van der Waals surface area contributed by atoms with Crippen molar-refractivity contribution in [2.75, 3.05) is 19.6 Å². The van der Waals surface area contributed by atoms with Crippen molar-refractivity contribution in [2.45, 2.75) is 80.5 Å². The first-order chi connectivity index (χ1) is 13.4. The molecule has 1 aliphatic heterocycles. The molecule has 28 heavy (non-hydrogen) atoms. The number of nitrogens with zero attached hydrogens (tertiary/aromatic N) is 2. The van der Waals surface area contributed by atoms with Gasteiger partial charge in [0.25, 0.3) is 0 Å². The third-order valence-electron chi connectivity index (χ3n) is 5.93. The maximum absolute atomic E-state index is 13.1. The molecule has 0 aromatic heterocycles. The van der Waals surface area contributed by atoms with E-state index >= 15 is 0 Å². The van der Waals surface area contributed by atoms with E-state index in [0.717, 1.165) is 57.8 Å². The van der Waals surface area contributed by atoms with Crippen LogP contribution in [0.1, 0.15) is 64.7 Å². The van der Waals surface area contributed by atoms with Crippen molar-refractivity contribution in [2.24, 2.45) is 0 Å². The fraction of sp³-hybridized carbons (Fsp3) is 0.700. The number of benzene rings is 1. The molecule has 2 fully saturated rings. The maximum atomic E-state index is 13.1. The van der Waals surface area contributed by atoms with Crippen molar-refractivity contribution < 1.29 is 16.8 Å². The lowest BCUT2D eigenvalue weighted by Gasteiger charge is -2.32. The summed E-state index contributed by atoms with van der Waals surface area (Å²) in [5, 5.41) is 0. The van der Waals surface area contributed by atoms with Gasteiger partial charge in [0.2, 0.25) is 20.0 Å². The highest BCUT2D eigenvalue weighted by Gasteiger charge is 2.32. The molecule has 1 heterocycles. The Morgan fingerprint density at radius 1 is 0.821 bits per heavy atom. The van der Waals surface area contributed by atoms with Crippen LogP contribution in [0.5, 0.6) is 0 Å². The average Bonchev–Trinajstić information content (AvgIpc) is 2.99. The molecule has 0 atom stereocenters. The van der Waals surface area contributed by atoms with E-state index in [2.05, 4.69) is 0 Å². The van der Waals surface area contributed by atoms with E-state index in [4.69, 9.17) is 0 Å². The summed E-state index contributed by atoms with van der Waals surface area (Å²) in [4.78, 5) is 0.351. The maximum Gasteiger partial charge on any atom is 0.243 e. The molecule has 8 heteroatoms. The summed E-state index contributed by atoms with van der Waals surface area (Å²) < 4.78 is 55.2. The lowest BCUT2D eigenvalue weighted by Crippen LogP contribution is -2.41. The molecule has 0 radical (unpaired) electrons. The van der Waals surface area contributed by atoms with E-state index in [1.54, 1.807) is 4.31 Å². The number of hydrogen-bond donors (Lipinski definition) is 0. The molecule has 0 spiro atoms. The number of hydrogen-bond acceptors (Lipinski definition) is 4. The largest absolute Gasteiger partial charge is 0.243 e. The molecule has 6 nitrogen and oxygen atoms in total. The van der Waals surface area contributed by atoms with E-state index in [1.165, 1.54) is 28.6 Å². The molecule has 1 aromatic carbocycles. The fourth-order valence-corrected chi connectivity index (χ4v) is 7.55. The molecule has 1 saturated carbocycles. The third-order valence-corrected chi connectivity index (χ3v) is 9.88. The van der Waals surface area contributed by atoms with Crippen LogP contribution in [0.15, 0.2) is 34.1 Å². The van der Waals surface area contributed by atoms with Crippen molar-refractivity contribution in [3.05, 3.63) is 24.3 Å². The number of rotatable bonds is 6. The zero-order valence-corrected chi connectivity index (χ0v) is 18.3. The average molecular weight is 429 g/mol. The van der Waals surface area contributed by atoms with Gasteiger partial charge in [-0.25, -0.2) is 16.8 Å². The Balaban J connectivity index is 1.82. The molecule has 1 saturated heterocycles. The Morgan fingerprint density at radius 3 is 1.86 bits per heavy atom. The Bertz CT molecular complexity index is 837. The van der Waals surface area contributed by atoms with Gasteiger partial charge < -0.3 is 0 Å². The van der Waals surface area contributed by atoms with E-state index < -0.39 is 20.0 Å². The topological polar surface area (TPSA) is 74.8 Å². The monoisotopic (exact) mass is 428 g/mol. The molecule has 1 aromatic rings. The first kappa shape index (κ1) is 21.7. The SMILES string of the molecule is CCN(C1CCCCC1)S(=O)(=O)c1ccc(S(=O)(=O)N2CCCCCC2)cc1. The van der Waals surface area contributed by atoms with Gasteiger partial charge in [-0.1, -0.05) is 39.0 Å².